The van der Waals surface area contributed by atoms with Gasteiger partial charge in [-0.3, -0.25) is 0 Å². The Morgan fingerprint density at radius 1 is 1.27 bits per heavy atom. The fourth-order valence-electron chi connectivity index (χ4n) is 2.57. The molecule has 6 nitrogen and oxygen atoms in total. The van der Waals surface area contributed by atoms with Crippen molar-refractivity contribution in [2.45, 2.75) is 23.8 Å². The third kappa shape index (κ3) is 2.92. The Bertz CT molecular complexity index is 758. The number of hydrogen-bond acceptors (Lipinski definition) is 4. The average Bonchev–Trinajstić information content (AvgIpc) is 3.04. The molecule has 0 aliphatic carbocycles. The van der Waals surface area contributed by atoms with Crippen LogP contribution in [0.3, 0.4) is 0 Å². The summed E-state index contributed by atoms with van der Waals surface area (Å²) in [6.07, 6.45) is 4.33. The predicted molar refractivity (Wildman–Crippen MR) is 81.2 cm³/mol. The standard InChI is InChI=1S/C13H14BrFN4O2S/c14-10-1-2-12(15)13(7-10)22(20,21)18-5-3-11(4-6-18)19-9-16-8-17-19/h1-2,7-9,11H,3-6H2. The molecule has 0 spiro atoms. The van der Waals surface area contributed by atoms with Crippen LogP contribution in [0.5, 0.6) is 0 Å². The number of nitrogens with zero attached hydrogens (tertiary/aromatic N) is 4. The first kappa shape index (κ1) is 15.6. The second-order valence-corrected chi connectivity index (χ2v) is 7.91. The van der Waals surface area contributed by atoms with Gasteiger partial charge in [-0.1, -0.05) is 15.9 Å². The topological polar surface area (TPSA) is 68.1 Å². The molecule has 0 atom stereocenters. The third-order valence-electron chi connectivity index (χ3n) is 3.75. The molecule has 118 valence electrons. The van der Waals surface area contributed by atoms with Crippen LogP contribution in [-0.2, 0) is 10.0 Å². The first-order valence-corrected chi connectivity index (χ1v) is 9.01. The van der Waals surface area contributed by atoms with Gasteiger partial charge in [0.1, 0.15) is 23.4 Å². The Hall–Kier alpha value is -1.32. The number of aromatic nitrogens is 3. The number of sulfonamides is 1. The maximum atomic E-state index is 13.9. The van der Waals surface area contributed by atoms with Gasteiger partial charge in [-0.2, -0.15) is 9.40 Å². The summed E-state index contributed by atoms with van der Waals surface area (Å²) in [5.74, 6) is -0.735. The number of piperidine rings is 1. The minimum absolute atomic E-state index is 0.126. The van der Waals surface area contributed by atoms with Gasteiger partial charge in [0.05, 0.1) is 6.04 Å². The first-order valence-electron chi connectivity index (χ1n) is 6.78. The third-order valence-corrected chi connectivity index (χ3v) is 6.15. The maximum absolute atomic E-state index is 13.9. The molecule has 1 aromatic heterocycles. The molecule has 1 aromatic carbocycles. The predicted octanol–water partition coefficient (Wildman–Crippen LogP) is 2.21. The van der Waals surface area contributed by atoms with E-state index < -0.39 is 15.8 Å². The van der Waals surface area contributed by atoms with E-state index in [0.29, 0.717) is 30.4 Å². The van der Waals surface area contributed by atoms with Gasteiger partial charge in [0.2, 0.25) is 10.0 Å². The molecule has 22 heavy (non-hydrogen) atoms. The summed E-state index contributed by atoms with van der Waals surface area (Å²) in [6.45, 7) is 0.664. The van der Waals surface area contributed by atoms with Gasteiger partial charge in [0.25, 0.3) is 0 Å². The lowest BCUT2D eigenvalue weighted by Gasteiger charge is -2.31. The van der Waals surface area contributed by atoms with Crippen molar-refractivity contribution in [2.24, 2.45) is 0 Å². The van der Waals surface area contributed by atoms with Crippen molar-refractivity contribution in [3.63, 3.8) is 0 Å². The van der Waals surface area contributed by atoms with Crippen LogP contribution in [0, 0.1) is 5.82 Å². The van der Waals surface area contributed by atoms with E-state index in [-0.39, 0.29) is 10.9 Å². The van der Waals surface area contributed by atoms with Crippen LogP contribution in [-0.4, -0.2) is 40.6 Å². The molecule has 9 heteroatoms. The fourth-order valence-corrected chi connectivity index (χ4v) is 4.64. The molecule has 0 unspecified atom stereocenters. The average molecular weight is 389 g/mol. The van der Waals surface area contributed by atoms with Crippen LogP contribution in [0.2, 0.25) is 0 Å². The first-order chi connectivity index (χ1) is 10.5. The molecule has 2 heterocycles. The van der Waals surface area contributed by atoms with Crippen molar-refractivity contribution in [1.82, 2.24) is 19.1 Å². The summed E-state index contributed by atoms with van der Waals surface area (Å²) in [4.78, 5) is 3.61. The van der Waals surface area contributed by atoms with Crippen molar-refractivity contribution < 1.29 is 12.8 Å². The molecule has 0 bridgehead atoms. The van der Waals surface area contributed by atoms with Crippen LogP contribution in [0.15, 0.2) is 40.2 Å². The molecule has 3 rings (SSSR count). The van der Waals surface area contributed by atoms with E-state index in [1.165, 1.54) is 22.8 Å². The van der Waals surface area contributed by atoms with Crippen molar-refractivity contribution in [3.05, 3.63) is 41.1 Å². The number of rotatable bonds is 3. The fraction of sp³-hybridized carbons (Fsp3) is 0.385. The molecule has 0 saturated carbocycles. The van der Waals surface area contributed by atoms with E-state index >= 15 is 0 Å². The summed E-state index contributed by atoms with van der Waals surface area (Å²) in [5.41, 5.74) is 0. The van der Waals surface area contributed by atoms with Crippen LogP contribution in [0.1, 0.15) is 18.9 Å². The van der Waals surface area contributed by atoms with Crippen LogP contribution in [0.4, 0.5) is 4.39 Å². The quantitative estimate of drug-likeness (QED) is 0.807. The monoisotopic (exact) mass is 388 g/mol. The Morgan fingerprint density at radius 2 is 2.00 bits per heavy atom. The minimum Gasteiger partial charge on any atom is -0.250 e. The highest BCUT2D eigenvalue weighted by Crippen LogP contribution is 2.28. The molecule has 1 aliphatic rings. The lowest BCUT2D eigenvalue weighted by atomic mass is 10.1. The van der Waals surface area contributed by atoms with Crippen LogP contribution >= 0.6 is 15.9 Å². The molecule has 2 aromatic rings. The highest BCUT2D eigenvalue weighted by Gasteiger charge is 2.32. The Morgan fingerprint density at radius 3 is 2.64 bits per heavy atom. The summed E-state index contributed by atoms with van der Waals surface area (Å²) in [5, 5.41) is 4.08. The van der Waals surface area contributed by atoms with Gasteiger partial charge >= 0.3 is 0 Å². The van der Waals surface area contributed by atoms with Gasteiger partial charge < -0.3 is 0 Å². The zero-order valence-electron chi connectivity index (χ0n) is 11.6. The molecule has 1 saturated heterocycles. The van der Waals surface area contributed by atoms with Crippen LogP contribution < -0.4 is 0 Å². The van der Waals surface area contributed by atoms with Crippen molar-refractivity contribution >= 4 is 26.0 Å². The molecule has 1 aliphatic heterocycles. The van der Waals surface area contributed by atoms with E-state index in [1.54, 1.807) is 11.0 Å². The lowest BCUT2D eigenvalue weighted by molar-refractivity contribution is 0.260. The van der Waals surface area contributed by atoms with Crippen LogP contribution in [0.25, 0.3) is 0 Å². The second-order valence-electron chi connectivity index (χ2n) is 5.09. The number of hydrogen-bond donors (Lipinski definition) is 0. The molecule has 1 fully saturated rings. The number of benzene rings is 1. The summed E-state index contributed by atoms with van der Waals surface area (Å²) in [6, 6.07) is 4.06. The Labute approximate surface area is 136 Å². The number of halogens is 2. The van der Waals surface area contributed by atoms with E-state index in [9.17, 15) is 12.8 Å². The SMILES string of the molecule is O=S(=O)(c1cc(Br)ccc1F)N1CCC(n2cncn2)CC1. The van der Waals surface area contributed by atoms with Crippen molar-refractivity contribution in [1.29, 1.82) is 0 Å². The lowest BCUT2D eigenvalue weighted by Crippen LogP contribution is -2.39. The molecule has 0 radical (unpaired) electrons. The molecular weight excluding hydrogens is 375 g/mol. The zero-order valence-corrected chi connectivity index (χ0v) is 14.0. The van der Waals surface area contributed by atoms with Crippen molar-refractivity contribution in [2.75, 3.05) is 13.1 Å². The van der Waals surface area contributed by atoms with E-state index in [0.717, 1.165) is 6.07 Å². The van der Waals surface area contributed by atoms with Crippen molar-refractivity contribution in [3.8, 4) is 0 Å². The van der Waals surface area contributed by atoms with Gasteiger partial charge in [-0.05, 0) is 31.0 Å². The maximum Gasteiger partial charge on any atom is 0.246 e. The molecular formula is C13H14BrFN4O2S. The zero-order chi connectivity index (χ0) is 15.7. The van der Waals surface area contributed by atoms with E-state index in [2.05, 4.69) is 26.0 Å². The van der Waals surface area contributed by atoms with Gasteiger partial charge in [-0.25, -0.2) is 22.5 Å². The largest absolute Gasteiger partial charge is 0.250 e. The Kier molecular flexibility index (Phi) is 4.28. The second kappa shape index (κ2) is 6.05. The molecule has 0 amide bonds. The summed E-state index contributed by atoms with van der Waals surface area (Å²) in [7, 11) is -3.82. The van der Waals surface area contributed by atoms with E-state index in [1.807, 2.05) is 0 Å². The Balaban J connectivity index is 1.79. The summed E-state index contributed by atoms with van der Waals surface area (Å²) < 4.78 is 42.6. The highest BCUT2D eigenvalue weighted by atomic mass is 79.9. The van der Waals surface area contributed by atoms with Gasteiger partial charge in [0.15, 0.2) is 0 Å². The minimum atomic E-state index is -3.82. The van der Waals surface area contributed by atoms with E-state index in [4.69, 9.17) is 0 Å². The highest BCUT2D eigenvalue weighted by molar-refractivity contribution is 9.10. The normalized spacial score (nSPS) is 17.7. The smallest absolute Gasteiger partial charge is 0.246 e. The summed E-state index contributed by atoms with van der Waals surface area (Å²) >= 11 is 3.18. The molecule has 0 N–H and O–H groups in total. The van der Waals surface area contributed by atoms with Gasteiger partial charge in [0, 0.05) is 17.6 Å². The van der Waals surface area contributed by atoms with Gasteiger partial charge in [-0.15, -0.1) is 0 Å².